The van der Waals surface area contributed by atoms with Gasteiger partial charge >= 0.3 is 12.0 Å². The van der Waals surface area contributed by atoms with E-state index in [1.54, 1.807) is 18.2 Å². The van der Waals surface area contributed by atoms with Gasteiger partial charge in [0.15, 0.2) is 5.13 Å². The highest BCUT2D eigenvalue weighted by atomic mass is 32.1. The number of aromatic nitrogens is 1. The van der Waals surface area contributed by atoms with Gasteiger partial charge in [-0.05, 0) is 31.0 Å². The van der Waals surface area contributed by atoms with Gasteiger partial charge in [0, 0.05) is 6.04 Å². The second-order valence-corrected chi connectivity index (χ2v) is 6.30. The third-order valence-corrected chi connectivity index (χ3v) is 4.65. The van der Waals surface area contributed by atoms with Gasteiger partial charge in [0.25, 0.3) is 0 Å². The number of hydrogen-bond donors (Lipinski definition) is 2. The lowest BCUT2D eigenvalue weighted by molar-refractivity contribution is 0.0601. The van der Waals surface area contributed by atoms with Gasteiger partial charge in [0.2, 0.25) is 0 Å². The molecule has 2 amide bonds. The van der Waals surface area contributed by atoms with E-state index in [2.05, 4.69) is 15.6 Å². The molecule has 6 nitrogen and oxygen atoms in total. The zero-order valence-corrected chi connectivity index (χ0v) is 13.0. The smallest absolute Gasteiger partial charge is 0.337 e. The fourth-order valence-corrected chi connectivity index (χ4v) is 3.51. The van der Waals surface area contributed by atoms with E-state index in [1.807, 2.05) is 0 Å². The Morgan fingerprint density at radius 3 is 2.82 bits per heavy atom. The standard InChI is InChI=1S/C15H17N3O3S/c1-21-13(19)9-6-7-11-12(8-9)22-15(17-11)18-14(20)16-10-4-2-3-5-10/h6-8,10H,2-5H2,1H3,(H2,16,17,18,20). The number of nitrogens with zero attached hydrogens (tertiary/aromatic N) is 1. The molecule has 7 heteroatoms. The second kappa shape index (κ2) is 6.31. The van der Waals surface area contributed by atoms with Crippen LogP contribution in [0.25, 0.3) is 10.2 Å². The van der Waals surface area contributed by atoms with Crippen molar-refractivity contribution >= 4 is 38.7 Å². The highest BCUT2D eigenvalue weighted by molar-refractivity contribution is 7.22. The number of thiazole rings is 1. The number of nitrogens with one attached hydrogen (secondary N) is 2. The monoisotopic (exact) mass is 319 g/mol. The molecule has 22 heavy (non-hydrogen) atoms. The van der Waals surface area contributed by atoms with Crippen LogP contribution in [-0.2, 0) is 4.74 Å². The molecule has 0 spiro atoms. The molecule has 1 aromatic carbocycles. The van der Waals surface area contributed by atoms with Crippen LogP contribution in [0.3, 0.4) is 0 Å². The number of anilines is 1. The van der Waals surface area contributed by atoms with Crippen molar-refractivity contribution in [2.75, 3.05) is 12.4 Å². The Labute approximate surface area is 131 Å². The molecule has 0 bridgehead atoms. The van der Waals surface area contributed by atoms with E-state index in [-0.39, 0.29) is 18.0 Å². The number of carbonyl (C=O) groups excluding carboxylic acids is 2. The predicted octanol–water partition coefficient (Wildman–Crippen LogP) is 3.15. The number of benzene rings is 1. The third-order valence-electron chi connectivity index (χ3n) is 3.72. The summed E-state index contributed by atoms with van der Waals surface area (Å²) in [6.45, 7) is 0. The Hall–Kier alpha value is -2.15. The van der Waals surface area contributed by atoms with Crippen LogP contribution in [0.5, 0.6) is 0 Å². The van der Waals surface area contributed by atoms with Crippen LogP contribution < -0.4 is 10.6 Å². The van der Waals surface area contributed by atoms with Crippen LogP contribution in [0.2, 0.25) is 0 Å². The molecule has 0 aliphatic heterocycles. The fourth-order valence-electron chi connectivity index (χ4n) is 2.61. The van der Waals surface area contributed by atoms with E-state index in [1.165, 1.54) is 31.3 Å². The highest BCUT2D eigenvalue weighted by Crippen LogP contribution is 2.27. The zero-order chi connectivity index (χ0) is 15.5. The van der Waals surface area contributed by atoms with Gasteiger partial charge in [0.1, 0.15) is 0 Å². The molecule has 2 N–H and O–H groups in total. The Bertz CT molecular complexity index is 707. The lowest BCUT2D eigenvalue weighted by atomic mass is 10.2. The topological polar surface area (TPSA) is 80.3 Å². The van der Waals surface area contributed by atoms with Crippen molar-refractivity contribution in [1.82, 2.24) is 10.3 Å². The highest BCUT2D eigenvalue weighted by Gasteiger charge is 2.18. The third kappa shape index (κ3) is 3.19. The maximum Gasteiger partial charge on any atom is 0.337 e. The second-order valence-electron chi connectivity index (χ2n) is 5.27. The molecule has 0 atom stereocenters. The summed E-state index contributed by atoms with van der Waals surface area (Å²) >= 11 is 1.33. The van der Waals surface area contributed by atoms with Crippen molar-refractivity contribution in [2.45, 2.75) is 31.7 Å². The predicted molar refractivity (Wildman–Crippen MR) is 85.4 cm³/mol. The molecule has 3 rings (SSSR count). The van der Waals surface area contributed by atoms with Gasteiger partial charge in [-0.2, -0.15) is 0 Å². The largest absolute Gasteiger partial charge is 0.465 e. The van der Waals surface area contributed by atoms with Crippen molar-refractivity contribution in [3.05, 3.63) is 23.8 Å². The fraction of sp³-hybridized carbons (Fsp3) is 0.400. The van der Waals surface area contributed by atoms with Crippen LogP contribution >= 0.6 is 11.3 Å². The Kier molecular flexibility index (Phi) is 4.24. The molecule has 1 aromatic heterocycles. The Morgan fingerprint density at radius 1 is 1.32 bits per heavy atom. The van der Waals surface area contributed by atoms with Crippen molar-refractivity contribution < 1.29 is 14.3 Å². The maximum absolute atomic E-state index is 11.9. The number of hydrogen-bond acceptors (Lipinski definition) is 5. The normalized spacial score (nSPS) is 15.0. The number of urea groups is 1. The van der Waals surface area contributed by atoms with E-state index < -0.39 is 0 Å². The molecule has 2 aromatic rings. The number of fused-ring (bicyclic) bond motifs is 1. The number of rotatable bonds is 3. The molecule has 1 fully saturated rings. The molecule has 1 aliphatic carbocycles. The Morgan fingerprint density at radius 2 is 2.09 bits per heavy atom. The summed E-state index contributed by atoms with van der Waals surface area (Å²) in [6.07, 6.45) is 4.41. The molecular formula is C15H17N3O3S. The van der Waals surface area contributed by atoms with Gasteiger partial charge in [-0.3, -0.25) is 5.32 Å². The average molecular weight is 319 g/mol. The summed E-state index contributed by atoms with van der Waals surface area (Å²) in [6, 6.07) is 5.17. The number of carbonyl (C=O) groups is 2. The van der Waals surface area contributed by atoms with Crippen molar-refractivity contribution in [3.8, 4) is 0 Å². The van der Waals surface area contributed by atoms with E-state index in [4.69, 9.17) is 4.74 Å². The quantitative estimate of drug-likeness (QED) is 0.852. The number of amides is 2. The summed E-state index contributed by atoms with van der Waals surface area (Å²) < 4.78 is 5.53. The van der Waals surface area contributed by atoms with E-state index in [9.17, 15) is 9.59 Å². The summed E-state index contributed by atoms with van der Waals surface area (Å²) in [5.41, 5.74) is 1.22. The minimum atomic E-state index is -0.385. The Balaban J connectivity index is 1.71. The first kappa shape index (κ1) is 14.8. The van der Waals surface area contributed by atoms with E-state index in [0.717, 1.165) is 23.1 Å². The number of ether oxygens (including phenoxy) is 1. The van der Waals surface area contributed by atoms with Gasteiger partial charge in [-0.1, -0.05) is 24.2 Å². The van der Waals surface area contributed by atoms with Gasteiger partial charge in [-0.25, -0.2) is 14.6 Å². The van der Waals surface area contributed by atoms with Crippen LogP contribution in [0, 0.1) is 0 Å². The van der Waals surface area contributed by atoms with Gasteiger partial charge < -0.3 is 10.1 Å². The molecule has 1 saturated carbocycles. The number of methoxy groups -OCH3 is 1. The SMILES string of the molecule is COC(=O)c1ccc2nc(NC(=O)NC3CCCC3)sc2c1. The summed E-state index contributed by atoms with van der Waals surface area (Å²) in [5, 5.41) is 6.24. The summed E-state index contributed by atoms with van der Waals surface area (Å²) in [5.74, 6) is -0.385. The zero-order valence-electron chi connectivity index (χ0n) is 12.2. The first-order valence-electron chi connectivity index (χ1n) is 7.22. The molecule has 0 saturated heterocycles. The summed E-state index contributed by atoms with van der Waals surface area (Å²) in [7, 11) is 1.35. The van der Waals surface area contributed by atoms with Gasteiger partial charge in [-0.15, -0.1) is 0 Å². The minimum Gasteiger partial charge on any atom is -0.465 e. The maximum atomic E-state index is 11.9. The molecule has 116 valence electrons. The number of esters is 1. The van der Waals surface area contributed by atoms with Crippen molar-refractivity contribution in [1.29, 1.82) is 0 Å². The van der Waals surface area contributed by atoms with Gasteiger partial charge in [0.05, 0.1) is 22.9 Å². The average Bonchev–Trinajstić information content (AvgIpc) is 3.14. The molecule has 0 unspecified atom stereocenters. The lowest BCUT2D eigenvalue weighted by Crippen LogP contribution is -2.36. The van der Waals surface area contributed by atoms with E-state index >= 15 is 0 Å². The van der Waals surface area contributed by atoms with Crippen molar-refractivity contribution in [3.63, 3.8) is 0 Å². The minimum absolute atomic E-state index is 0.223. The van der Waals surface area contributed by atoms with Crippen molar-refractivity contribution in [2.24, 2.45) is 0 Å². The first-order chi connectivity index (χ1) is 10.7. The van der Waals surface area contributed by atoms with Crippen LogP contribution in [0.15, 0.2) is 18.2 Å². The lowest BCUT2D eigenvalue weighted by Gasteiger charge is -2.11. The molecule has 1 heterocycles. The molecule has 0 radical (unpaired) electrons. The van der Waals surface area contributed by atoms with E-state index in [0.29, 0.717) is 10.7 Å². The van der Waals surface area contributed by atoms with Crippen LogP contribution in [0.4, 0.5) is 9.93 Å². The first-order valence-corrected chi connectivity index (χ1v) is 8.04. The van der Waals surface area contributed by atoms with Crippen LogP contribution in [-0.4, -0.2) is 30.1 Å². The summed E-state index contributed by atoms with van der Waals surface area (Å²) in [4.78, 5) is 27.8. The molecular weight excluding hydrogens is 302 g/mol. The van der Waals surface area contributed by atoms with Crippen LogP contribution in [0.1, 0.15) is 36.0 Å². The molecule has 1 aliphatic rings.